The molecule has 0 aliphatic rings. The van der Waals surface area contributed by atoms with Gasteiger partial charge in [-0.15, -0.1) is 0 Å². The van der Waals surface area contributed by atoms with Crippen LogP contribution in [0.3, 0.4) is 0 Å². The third-order valence-corrected chi connectivity index (χ3v) is 9.73. The molecule has 0 radical (unpaired) electrons. The van der Waals surface area contributed by atoms with Crippen LogP contribution in [0.2, 0.25) is 0 Å². The SMILES string of the molecule is CCN(CC)CCCC[C@H](NC(=O)[C@H](CC(C)C)NC[C@H](C)NC(=O)[C@H](Cc1ccccc1)NC(=O)c1ccc(C(C)(C)C)cc1)C(=O)N[C@@H](CO)C(=O)OC. The molecule has 312 valence electrons. The van der Waals surface area contributed by atoms with Crippen LogP contribution in [0, 0.1) is 5.92 Å². The van der Waals surface area contributed by atoms with Crippen LogP contribution in [0.25, 0.3) is 0 Å². The van der Waals surface area contributed by atoms with Crippen molar-refractivity contribution < 1.29 is 33.8 Å². The Balaban J connectivity index is 2.17. The molecule has 0 saturated heterocycles. The maximum atomic E-state index is 13.8. The molecular weight excluding hydrogens is 713 g/mol. The molecule has 6 N–H and O–H groups in total. The molecule has 0 spiro atoms. The smallest absolute Gasteiger partial charge is 0.330 e. The molecular formula is C43H68N6O7. The topological polar surface area (TPSA) is 178 Å². The highest BCUT2D eigenvalue weighted by Gasteiger charge is 2.30. The molecule has 0 bridgehead atoms. The van der Waals surface area contributed by atoms with Crippen molar-refractivity contribution in [1.29, 1.82) is 0 Å². The first-order chi connectivity index (χ1) is 26.5. The van der Waals surface area contributed by atoms with Crippen molar-refractivity contribution in [3.8, 4) is 0 Å². The summed E-state index contributed by atoms with van der Waals surface area (Å²) in [6.45, 7) is 18.5. The quantitative estimate of drug-likeness (QED) is 0.0688. The molecule has 0 unspecified atom stereocenters. The van der Waals surface area contributed by atoms with Gasteiger partial charge in [0, 0.05) is 24.6 Å². The summed E-state index contributed by atoms with van der Waals surface area (Å²) in [7, 11) is 1.17. The molecule has 0 heterocycles. The van der Waals surface area contributed by atoms with E-state index in [9.17, 15) is 29.1 Å². The highest BCUT2D eigenvalue weighted by atomic mass is 16.5. The lowest BCUT2D eigenvalue weighted by Gasteiger charge is -2.27. The van der Waals surface area contributed by atoms with Crippen LogP contribution < -0.4 is 26.6 Å². The summed E-state index contributed by atoms with van der Waals surface area (Å²) >= 11 is 0. The molecule has 5 atom stereocenters. The summed E-state index contributed by atoms with van der Waals surface area (Å²) in [5.74, 6) is -2.38. The monoisotopic (exact) mass is 781 g/mol. The molecule has 0 saturated carbocycles. The van der Waals surface area contributed by atoms with E-state index in [2.05, 4.69) is 66.1 Å². The Morgan fingerprint density at radius 2 is 1.34 bits per heavy atom. The molecule has 13 nitrogen and oxygen atoms in total. The van der Waals surface area contributed by atoms with E-state index in [1.54, 1.807) is 12.1 Å². The van der Waals surface area contributed by atoms with Gasteiger partial charge in [-0.3, -0.25) is 19.2 Å². The first-order valence-electron chi connectivity index (χ1n) is 20.0. The fourth-order valence-electron chi connectivity index (χ4n) is 6.25. The summed E-state index contributed by atoms with van der Waals surface area (Å²) in [6.07, 6.45) is 2.51. The van der Waals surface area contributed by atoms with Crippen molar-refractivity contribution in [2.45, 2.75) is 123 Å². The molecule has 4 amide bonds. The zero-order valence-corrected chi connectivity index (χ0v) is 35.1. The van der Waals surface area contributed by atoms with Gasteiger partial charge in [0.05, 0.1) is 19.8 Å². The van der Waals surface area contributed by atoms with E-state index in [4.69, 9.17) is 4.74 Å². The Hall–Kier alpha value is -4.33. The largest absolute Gasteiger partial charge is 0.467 e. The number of rotatable bonds is 24. The Morgan fingerprint density at radius 3 is 1.89 bits per heavy atom. The van der Waals surface area contributed by atoms with Crippen LogP contribution in [-0.2, 0) is 35.8 Å². The van der Waals surface area contributed by atoms with E-state index >= 15 is 0 Å². The van der Waals surface area contributed by atoms with Gasteiger partial charge in [-0.25, -0.2) is 4.79 Å². The number of aliphatic hydroxyl groups excluding tert-OH is 1. The second kappa shape index (κ2) is 24.3. The zero-order chi connectivity index (χ0) is 41.8. The summed E-state index contributed by atoms with van der Waals surface area (Å²) < 4.78 is 4.71. The van der Waals surface area contributed by atoms with Gasteiger partial charge in [-0.05, 0) is 86.8 Å². The van der Waals surface area contributed by atoms with E-state index < -0.39 is 54.6 Å². The lowest BCUT2D eigenvalue weighted by Crippen LogP contribution is -2.57. The van der Waals surface area contributed by atoms with Gasteiger partial charge < -0.3 is 41.3 Å². The Kier molecular flexibility index (Phi) is 20.8. The molecule has 0 fully saturated rings. The van der Waals surface area contributed by atoms with Crippen molar-refractivity contribution in [3.63, 3.8) is 0 Å². The van der Waals surface area contributed by atoms with Crippen molar-refractivity contribution in [1.82, 2.24) is 31.5 Å². The van der Waals surface area contributed by atoms with Crippen LogP contribution >= 0.6 is 0 Å². The number of ether oxygens (including phenoxy) is 1. The van der Waals surface area contributed by atoms with Crippen LogP contribution in [-0.4, -0.2) is 110 Å². The average Bonchev–Trinajstić information content (AvgIpc) is 3.17. The van der Waals surface area contributed by atoms with Crippen LogP contribution in [0.4, 0.5) is 0 Å². The first kappa shape index (κ1) is 47.8. The summed E-state index contributed by atoms with van der Waals surface area (Å²) in [5, 5.41) is 24.3. The van der Waals surface area contributed by atoms with Gasteiger partial charge in [0.15, 0.2) is 6.04 Å². The van der Waals surface area contributed by atoms with Crippen LogP contribution in [0.15, 0.2) is 54.6 Å². The number of aliphatic hydroxyl groups is 1. The van der Waals surface area contributed by atoms with Gasteiger partial charge in [-0.1, -0.05) is 90.9 Å². The Bertz CT molecular complexity index is 1510. The van der Waals surface area contributed by atoms with Gasteiger partial charge in [-0.2, -0.15) is 0 Å². The highest BCUT2D eigenvalue weighted by Crippen LogP contribution is 2.22. The second-order valence-corrected chi connectivity index (χ2v) is 15.9. The van der Waals surface area contributed by atoms with E-state index in [1.165, 1.54) is 7.11 Å². The first-order valence-corrected chi connectivity index (χ1v) is 20.0. The number of esters is 1. The second-order valence-electron chi connectivity index (χ2n) is 15.9. The summed E-state index contributed by atoms with van der Waals surface area (Å²) in [6, 6.07) is 12.6. The van der Waals surface area contributed by atoms with Crippen LogP contribution in [0.5, 0.6) is 0 Å². The normalized spacial score (nSPS) is 14.3. The number of benzene rings is 2. The molecule has 0 aliphatic heterocycles. The molecule has 2 rings (SSSR count). The predicted octanol–water partition coefficient (Wildman–Crippen LogP) is 3.48. The number of methoxy groups -OCH3 is 1. The molecule has 2 aromatic carbocycles. The van der Waals surface area contributed by atoms with Crippen molar-refractivity contribution >= 4 is 29.6 Å². The minimum absolute atomic E-state index is 0.0686. The number of nitrogens with zero attached hydrogens (tertiary/aromatic N) is 1. The highest BCUT2D eigenvalue weighted by molar-refractivity contribution is 5.97. The van der Waals surface area contributed by atoms with E-state index in [1.807, 2.05) is 63.2 Å². The van der Waals surface area contributed by atoms with Gasteiger partial charge in [0.25, 0.3) is 5.91 Å². The molecule has 0 aliphatic carbocycles. The number of amides is 4. The number of nitrogens with one attached hydrogen (secondary N) is 5. The van der Waals surface area contributed by atoms with Gasteiger partial charge in [0.2, 0.25) is 17.7 Å². The predicted molar refractivity (Wildman–Crippen MR) is 220 cm³/mol. The Labute approximate surface area is 334 Å². The number of hydrogen-bond acceptors (Lipinski definition) is 9. The van der Waals surface area contributed by atoms with Crippen molar-refractivity contribution in [2.24, 2.45) is 5.92 Å². The lowest BCUT2D eigenvalue weighted by molar-refractivity contribution is -0.146. The maximum Gasteiger partial charge on any atom is 0.330 e. The maximum absolute atomic E-state index is 13.8. The standard InChI is InChI=1S/C43H68N6O7/c1-10-49(11-2)24-16-15-19-34(39(52)48-37(28-50)42(55)56-9)46-40(53)35(25-29(3)4)44-27-30(5)45-41(54)36(26-31-17-13-12-14-18-31)47-38(51)32-20-22-33(23-21-32)43(6,7)8/h12-14,17-18,20-23,29-30,34-37,44,50H,10-11,15-16,19,24-28H2,1-9H3,(H,45,54)(H,46,53)(H,47,51)(H,48,52)/t30-,34-,35-,36-,37-/m0/s1. The summed E-state index contributed by atoms with van der Waals surface area (Å²) in [4.78, 5) is 68.7. The van der Waals surface area contributed by atoms with E-state index in [0.29, 0.717) is 24.8 Å². The Morgan fingerprint density at radius 1 is 0.750 bits per heavy atom. The number of unbranched alkanes of at least 4 members (excludes halogenated alkanes) is 1. The van der Waals surface area contributed by atoms with Crippen molar-refractivity contribution in [3.05, 3.63) is 71.3 Å². The van der Waals surface area contributed by atoms with Gasteiger partial charge >= 0.3 is 5.97 Å². The molecule has 13 heteroatoms. The third-order valence-electron chi connectivity index (χ3n) is 9.73. The van der Waals surface area contributed by atoms with Crippen LogP contribution in [0.1, 0.15) is 103 Å². The lowest BCUT2D eigenvalue weighted by atomic mass is 9.86. The average molecular weight is 781 g/mol. The van der Waals surface area contributed by atoms with Crippen molar-refractivity contribution in [2.75, 3.05) is 39.9 Å². The molecule has 2 aromatic rings. The fourth-order valence-corrected chi connectivity index (χ4v) is 6.25. The number of carbonyl (C=O) groups excluding carboxylic acids is 5. The summed E-state index contributed by atoms with van der Waals surface area (Å²) in [5.41, 5.74) is 2.37. The minimum atomic E-state index is -1.26. The molecule has 0 aromatic heterocycles. The van der Waals surface area contributed by atoms with E-state index in [-0.39, 0.29) is 36.1 Å². The zero-order valence-electron chi connectivity index (χ0n) is 35.1. The van der Waals surface area contributed by atoms with E-state index in [0.717, 1.165) is 37.2 Å². The minimum Gasteiger partial charge on any atom is -0.467 e. The third kappa shape index (κ3) is 16.8. The van der Waals surface area contributed by atoms with Gasteiger partial charge in [0.1, 0.15) is 12.1 Å². The number of carbonyl (C=O) groups is 5. The molecule has 56 heavy (non-hydrogen) atoms. The number of hydrogen-bond donors (Lipinski definition) is 6. The fraction of sp³-hybridized carbons (Fsp3) is 0.605.